The Kier molecular flexibility index (Phi) is 3.76. The fourth-order valence-corrected chi connectivity index (χ4v) is 3.08. The molecule has 1 heterocycles. The van der Waals surface area contributed by atoms with Gasteiger partial charge in [-0.2, -0.15) is 0 Å². The van der Waals surface area contributed by atoms with Crippen molar-refractivity contribution >= 4 is 11.7 Å². The van der Waals surface area contributed by atoms with Gasteiger partial charge in [-0.15, -0.1) is 0 Å². The highest BCUT2D eigenvalue weighted by atomic mass is 16.6. The number of hydrogen-bond acceptors (Lipinski definition) is 5. The molecule has 3 rings (SSSR count). The van der Waals surface area contributed by atoms with Crippen LogP contribution in [0.3, 0.4) is 0 Å². The van der Waals surface area contributed by atoms with Crippen molar-refractivity contribution in [2.24, 2.45) is 0 Å². The number of hydrogen-bond donors (Lipinski definition) is 1. The molecule has 1 aliphatic carbocycles. The van der Waals surface area contributed by atoms with E-state index in [-0.39, 0.29) is 17.7 Å². The summed E-state index contributed by atoms with van der Waals surface area (Å²) in [7, 11) is 1.54. The van der Waals surface area contributed by atoms with Gasteiger partial charge in [0.25, 0.3) is 0 Å². The predicted molar refractivity (Wildman–Crippen MR) is 78.4 cm³/mol. The largest absolute Gasteiger partial charge is 0.497 e. The van der Waals surface area contributed by atoms with Gasteiger partial charge in [-0.25, -0.2) is 4.79 Å². The van der Waals surface area contributed by atoms with Gasteiger partial charge in [-0.3, -0.25) is 0 Å². The first-order valence-electron chi connectivity index (χ1n) is 7.40. The Balaban J connectivity index is 1.67. The average Bonchev–Trinajstić information content (AvgIpc) is 2.45. The third-order valence-corrected chi connectivity index (χ3v) is 4.39. The fraction of sp³-hybridized carbons (Fsp3) is 0.562. The van der Waals surface area contributed by atoms with Gasteiger partial charge in [0.15, 0.2) is 0 Å². The summed E-state index contributed by atoms with van der Waals surface area (Å²) in [5.74, 6) is 0.214. The lowest BCUT2D eigenvalue weighted by Gasteiger charge is -2.46. The first kappa shape index (κ1) is 14.2. The maximum Gasteiger partial charge on any atom is 0.338 e. The van der Waals surface area contributed by atoms with Crippen molar-refractivity contribution in [1.29, 1.82) is 0 Å². The molecule has 1 saturated carbocycles. The van der Waals surface area contributed by atoms with Gasteiger partial charge in [0.2, 0.25) is 0 Å². The number of ether oxygens (including phenoxy) is 3. The first-order valence-corrected chi connectivity index (χ1v) is 7.40. The minimum Gasteiger partial charge on any atom is -0.497 e. The summed E-state index contributed by atoms with van der Waals surface area (Å²) in [5.41, 5.74) is 6.66. The second kappa shape index (κ2) is 5.56. The summed E-state index contributed by atoms with van der Waals surface area (Å²) in [4.78, 5) is 12.3. The van der Waals surface area contributed by atoms with E-state index >= 15 is 0 Å². The van der Waals surface area contributed by atoms with Crippen molar-refractivity contribution in [3.8, 4) is 5.75 Å². The Morgan fingerprint density at radius 1 is 1.38 bits per heavy atom. The minimum absolute atomic E-state index is 0.0311. The van der Waals surface area contributed by atoms with E-state index in [1.165, 1.54) is 6.42 Å². The molecule has 1 atom stereocenters. The number of nitrogen functional groups attached to an aromatic ring is 1. The molecule has 1 aromatic carbocycles. The molecule has 1 saturated heterocycles. The second-order valence-corrected chi connectivity index (χ2v) is 5.90. The number of nitrogens with two attached hydrogens (primary N) is 1. The Morgan fingerprint density at radius 2 is 2.19 bits per heavy atom. The highest BCUT2D eigenvalue weighted by Crippen LogP contribution is 2.43. The zero-order valence-electron chi connectivity index (χ0n) is 12.3. The van der Waals surface area contributed by atoms with Crippen molar-refractivity contribution in [3.05, 3.63) is 23.8 Å². The molecule has 114 valence electrons. The second-order valence-electron chi connectivity index (χ2n) is 5.90. The lowest BCUT2D eigenvalue weighted by molar-refractivity contribution is -0.159. The molecule has 1 unspecified atom stereocenters. The fourth-order valence-electron chi connectivity index (χ4n) is 3.08. The Morgan fingerprint density at radius 3 is 2.86 bits per heavy atom. The monoisotopic (exact) mass is 291 g/mol. The van der Waals surface area contributed by atoms with Crippen molar-refractivity contribution in [1.82, 2.24) is 0 Å². The molecule has 0 aromatic heterocycles. The highest BCUT2D eigenvalue weighted by Gasteiger charge is 2.43. The summed E-state index contributed by atoms with van der Waals surface area (Å²) in [6.45, 7) is 0.665. The molecular weight excluding hydrogens is 270 g/mol. The van der Waals surface area contributed by atoms with Crippen LogP contribution in [0.1, 0.15) is 42.5 Å². The Labute approximate surface area is 124 Å². The van der Waals surface area contributed by atoms with E-state index in [2.05, 4.69) is 0 Å². The lowest BCUT2D eigenvalue weighted by atomic mass is 9.74. The Hall–Kier alpha value is -1.75. The molecule has 0 bridgehead atoms. The van der Waals surface area contributed by atoms with E-state index < -0.39 is 0 Å². The maximum absolute atomic E-state index is 12.3. The minimum atomic E-state index is -0.345. The number of carbonyl (C=O) groups excluding carboxylic acids is 1. The van der Waals surface area contributed by atoms with Crippen LogP contribution in [0.25, 0.3) is 0 Å². The molecule has 21 heavy (non-hydrogen) atoms. The Bertz CT molecular complexity index is 539. The summed E-state index contributed by atoms with van der Waals surface area (Å²) in [6, 6.07) is 4.94. The van der Waals surface area contributed by atoms with Crippen LogP contribution < -0.4 is 10.5 Å². The van der Waals surface area contributed by atoms with E-state index in [1.807, 2.05) is 0 Å². The van der Waals surface area contributed by atoms with Crippen LogP contribution in [0.2, 0.25) is 0 Å². The standard InChI is InChI=1S/C16H21NO4/c1-19-14-8-11(7-12(17)9-14)15(18)21-13-3-6-20-16(10-13)4-2-5-16/h7-9,13H,2-6,10,17H2,1H3. The van der Waals surface area contributed by atoms with E-state index in [0.29, 0.717) is 23.6 Å². The third kappa shape index (κ3) is 2.97. The van der Waals surface area contributed by atoms with Crippen molar-refractivity contribution < 1.29 is 19.0 Å². The molecule has 2 fully saturated rings. The van der Waals surface area contributed by atoms with Crippen molar-refractivity contribution in [3.63, 3.8) is 0 Å². The van der Waals surface area contributed by atoms with Crippen LogP contribution in [-0.4, -0.2) is 31.4 Å². The predicted octanol–water partition coefficient (Wildman–Crippen LogP) is 2.54. The maximum atomic E-state index is 12.3. The molecule has 1 aromatic rings. The van der Waals surface area contributed by atoms with Gasteiger partial charge < -0.3 is 19.9 Å². The normalized spacial score (nSPS) is 23.4. The van der Waals surface area contributed by atoms with E-state index in [9.17, 15) is 4.79 Å². The van der Waals surface area contributed by atoms with Gasteiger partial charge in [0, 0.05) is 24.6 Å². The molecular formula is C16H21NO4. The highest BCUT2D eigenvalue weighted by molar-refractivity contribution is 5.91. The number of benzene rings is 1. The van der Waals surface area contributed by atoms with Gasteiger partial charge in [-0.1, -0.05) is 0 Å². The number of anilines is 1. The van der Waals surface area contributed by atoms with Crippen molar-refractivity contribution in [2.45, 2.75) is 43.8 Å². The van der Waals surface area contributed by atoms with E-state index in [4.69, 9.17) is 19.9 Å². The van der Waals surface area contributed by atoms with Crippen LogP contribution in [0, 0.1) is 0 Å². The summed E-state index contributed by atoms with van der Waals surface area (Å²) >= 11 is 0. The quantitative estimate of drug-likeness (QED) is 0.684. The number of esters is 1. The molecule has 1 aliphatic heterocycles. The van der Waals surface area contributed by atoms with Crippen LogP contribution in [-0.2, 0) is 9.47 Å². The number of methoxy groups -OCH3 is 1. The SMILES string of the molecule is COc1cc(N)cc(C(=O)OC2CCOC3(CCC3)C2)c1. The van der Waals surface area contributed by atoms with Crippen LogP contribution in [0.4, 0.5) is 5.69 Å². The third-order valence-electron chi connectivity index (χ3n) is 4.39. The van der Waals surface area contributed by atoms with Gasteiger partial charge >= 0.3 is 5.97 Å². The molecule has 0 radical (unpaired) electrons. The van der Waals surface area contributed by atoms with E-state index in [0.717, 1.165) is 25.7 Å². The average molecular weight is 291 g/mol. The van der Waals surface area contributed by atoms with Crippen molar-refractivity contribution in [2.75, 3.05) is 19.5 Å². The van der Waals surface area contributed by atoms with Gasteiger partial charge in [0.05, 0.1) is 24.9 Å². The van der Waals surface area contributed by atoms with Crippen LogP contribution in [0.5, 0.6) is 5.75 Å². The summed E-state index contributed by atoms with van der Waals surface area (Å²) in [6.07, 6.45) is 4.84. The van der Waals surface area contributed by atoms with Gasteiger partial charge in [0.1, 0.15) is 11.9 Å². The topological polar surface area (TPSA) is 70.8 Å². The van der Waals surface area contributed by atoms with E-state index in [1.54, 1.807) is 25.3 Å². The molecule has 2 N–H and O–H groups in total. The molecule has 5 heteroatoms. The number of carbonyl (C=O) groups is 1. The first-order chi connectivity index (χ1) is 10.1. The summed E-state index contributed by atoms with van der Waals surface area (Å²) < 4.78 is 16.6. The molecule has 1 spiro atoms. The van der Waals surface area contributed by atoms with Gasteiger partial charge in [-0.05, 0) is 31.4 Å². The lowest BCUT2D eigenvalue weighted by Crippen LogP contribution is -2.48. The van der Waals surface area contributed by atoms with Crippen LogP contribution in [0.15, 0.2) is 18.2 Å². The summed E-state index contributed by atoms with van der Waals surface area (Å²) in [5, 5.41) is 0. The molecule has 0 amide bonds. The zero-order valence-corrected chi connectivity index (χ0v) is 12.3. The van der Waals surface area contributed by atoms with Crippen LogP contribution >= 0.6 is 0 Å². The number of rotatable bonds is 3. The zero-order chi connectivity index (χ0) is 14.9. The molecule has 2 aliphatic rings. The molecule has 5 nitrogen and oxygen atoms in total. The smallest absolute Gasteiger partial charge is 0.338 e.